The van der Waals surface area contributed by atoms with Crippen LogP contribution in [0, 0.1) is 0 Å². The molecule has 0 aliphatic carbocycles. The third kappa shape index (κ3) is 3.15. The molecule has 0 radical (unpaired) electrons. The third-order valence-electron chi connectivity index (χ3n) is 3.07. The predicted molar refractivity (Wildman–Crippen MR) is 83.4 cm³/mol. The van der Waals surface area contributed by atoms with Crippen molar-refractivity contribution in [1.82, 2.24) is 20.3 Å². The highest BCUT2D eigenvalue weighted by molar-refractivity contribution is 7.08. The first-order valence-corrected chi connectivity index (χ1v) is 7.56. The van der Waals surface area contributed by atoms with Crippen LogP contribution in [0.3, 0.4) is 0 Å². The summed E-state index contributed by atoms with van der Waals surface area (Å²) >= 11 is 1.59. The fourth-order valence-corrected chi connectivity index (χ4v) is 2.55. The molecule has 22 heavy (non-hydrogen) atoms. The van der Waals surface area contributed by atoms with Gasteiger partial charge in [-0.25, -0.2) is 4.68 Å². The molecule has 6 nitrogen and oxygen atoms in total. The number of ether oxygens (including phenoxy) is 1. The second-order valence-corrected chi connectivity index (χ2v) is 5.33. The van der Waals surface area contributed by atoms with Crippen molar-refractivity contribution in [3.05, 3.63) is 58.5 Å². The van der Waals surface area contributed by atoms with Crippen LogP contribution in [0.1, 0.15) is 16.1 Å². The topological polar surface area (TPSA) is 69.0 Å². The number of nitrogens with one attached hydrogen (secondary N) is 1. The summed E-state index contributed by atoms with van der Waals surface area (Å²) in [4.78, 5) is 12.1. The summed E-state index contributed by atoms with van der Waals surface area (Å²) in [6.07, 6.45) is 1.80. The van der Waals surface area contributed by atoms with Crippen molar-refractivity contribution in [2.24, 2.45) is 0 Å². The van der Waals surface area contributed by atoms with E-state index < -0.39 is 0 Å². The smallest absolute Gasteiger partial charge is 0.251 e. The Kier molecular flexibility index (Phi) is 4.15. The van der Waals surface area contributed by atoms with Gasteiger partial charge < -0.3 is 10.1 Å². The van der Waals surface area contributed by atoms with Crippen LogP contribution in [0.15, 0.2) is 47.3 Å². The first kappa shape index (κ1) is 14.3. The number of carbonyl (C=O) groups excluding carboxylic acids is 1. The van der Waals surface area contributed by atoms with Gasteiger partial charge in [-0.1, -0.05) is 11.3 Å². The Morgan fingerprint density at radius 3 is 3.09 bits per heavy atom. The molecule has 0 fully saturated rings. The first-order chi connectivity index (χ1) is 10.8. The summed E-state index contributed by atoms with van der Waals surface area (Å²) in [7, 11) is 1.57. The number of thiophene rings is 1. The molecule has 0 bridgehead atoms. The highest BCUT2D eigenvalue weighted by Crippen LogP contribution is 2.13. The standard InChI is InChI=1S/C15H14N4O2S/c1-21-14-4-2-3-11(7-14)15(20)16-8-12-9-19(18-17-12)13-5-6-22-10-13/h2-7,9-10H,8H2,1H3,(H,16,20). The van der Waals surface area contributed by atoms with Crippen molar-refractivity contribution in [3.63, 3.8) is 0 Å². The molecule has 0 spiro atoms. The lowest BCUT2D eigenvalue weighted by Crippen LogP contribution is -2.22. The van der Waals surface area contributed by atoms with Gasteiger partial charge in [0.2, 0.25) is 0 Å². The average Bonchev–Trinajstić information content (AvgIpc) is 3.23. The molecule has 2 aromatic heterocycles. The van der Waals surface area contributed by atoms with Crippen molar-refractivity contribution < 1.29 is 9.53 Å². The van der Waals surface area contributed by atoms with Gasteiger partial charge in [-0.05, 0) is 29.6 Å². The van der Waals surface area contributed by atoms with Crippen LogP contribution in [0.5, 0.6) is 5.75 Å². The van der Waals surface area contributed by atoms with Crippen LogP contribution in [-0.4, -0.2) is 28.0 Å². The molecule has 2 heterocycles. The van der Waals surface area contributed by atoms with Gasteiger partial charge in [-0.15, -0.1) is 5.10 Å². The number of hydrogen-bond donors (Lipinski definition) is 1. The number of nitrogens with zero attached hydrogens (tertiary/aromatic N) is 3. The molecule has 3 rings (SSSR count). The monoisotopic (exact) mass is 314 g/mol. The van der Waals surface area contributed by atoms with Crippen molar-refractivity contribution in [1.29, 1.82) is 0 Å². The van der Waals surface area contributed by atoms with E-state index in [9.17, 15) is 4.79 Å². The van der Waals surface area contributed by atoms with Gasteiger partial charge in [-0.3, -0.25) is 4.79 Å². The zero-order valence-corrected chi connectivity index (χ0v) is 12.7. The molecular weight excluding hydrogens is 300 g/mol. The Balaban J connectivity index is 1.63. The Hall–Kier alpha value is -2.67. The van der Waals surface area contributed by atoms with E-state index in [4.69, 9.17) is 4.74 Å². The van der Waals surface area contributed by atoms with Gasteiger partial charge in [0.15, 0.2) is 0 Å². The minimum atomic E-state index is -0.177. The van der Waals surface area contributed by atoms with Crippen molar-refractivity contribution in [3.8, 4) is 11.4 Å². The number of hydrogen-bond acceptors (Lipinski definition) is 5. The van der Waals surface area contributed by atoms with Crippen molar-refractivity contribution in [2.45, 2.75) is 6.54 Å². The fraction of sp³-hybridized carbons (Fsp3) is 0.133. The van der Waals surface area contributed by atoms with Crippen LogP contribution in [0.2, 0.25) is 0 Å². The van der Waals surface area contributed by atoms with E-state index >= 15 is 0 Å². The quantitative estimate of drug-likeness (QED) is 0.784. The highest BCUT2D eigenvalue weighted by atomic mass is 32.1. The van der Waals surface area contributed by atoms with Crippen LogP contribution in [0.4, 0.5) is 0 Å². The number of carbonyl (C=O) groups is 1. The van der Waals surface area contributed by atoms with Gasteiger partial charge in [-0.2, -0.15) is 11.3 Å². The maximum absolute atomic E-state index is 12.1. The zero-order chi connectivity index (χ0) is 15.4. The summed E-state index contributed by atoms with van der Waals surface area (Å²) in [6, 6.07) is 8.96. The third-order valence-corrected chi connectivity index (χ3v) is 3.74. The molecule has 1 aromatic carbocycles. The van der Waals surface area contributed by atoms with Crippen LogP contribution in [-0.2, 0) is 6.54 Å². The van der Waals surface area contributed by atoms with Crippen LogP contribution in [0.25, 0.3) is 5.69 Å². The number of aromatic nitrogens is 3. The Morgan fingerprint density at radius 1 is 1.41 bits per heavy atom. The fourth-order valence-electron chi connectivity index (χ4n) is 1.93. The van der Waals surface area contributed by atoms with E-state index in [1.54, 1.807) is 53.6 Å². The molecule has 0 saturated carbocycles. The summed E-state index contributed by atoms with van der Waals surface area (Å²) < 4.78 is 6.79. The summed E-state index contributed by atoms with van der Waals surface area (Å²) in [6.45, 7) is 0.320. The van der Waals surface area contributed by atoms with Gasteiger partial charge in [0.1, 0.15) is 11.4 Å². The highest BCUT2D eigenvalue weighted by Gasteiger charge is 2.08. The number of amides is 1. The molecule has 112 valence electrons. The molecule has 0 aliphatic rings. The second kappa shape index (κ2) is 6.40. The maximum atomic E-state index is 12.1. The van der Waals surface area contributed by atoms with E-state index in [0.29, 0.717) is 23.6 Å². The normalized spacial score (nSPS) is 10.4. The maximum Gasteiger partial charge on any atom is 0.251 e. The molecular formula is C15H14N4O2S. The van der Waals surface area contributed by atoms with E-state index in [1.165, 1.54) is 0 Å². The van der Waals surface area contributed by atoms with E-state index in [2.05, 4.69) is 15.6 Å². The van der Waals surface area contributed by atoms with Crippen molar-refractivity contribution >= 4 is 17.2 Å². The van der Waals surface area contributed by atoms with E-state index in [-0.39, 0.29) is 5.91 Å². The first-order valence-electron chi connectivity index (χ1n) is 6.62. The minimum absolute atomic E-state index is 0.177. The van der Waals surface area contributed by atoms with Gasteiger partial charge in [0.25, 0.3) is 5.91 Å². The van der Waals surface area contributed by atoms with Gasteiger partial charge in [0, 0.05) is 10.9 Å². The lowest BCUT2D eigenvalue weighted by atomic mass is 10.2. The number of benzene rings is 1. The molecule has 0 saturated heterocycles. The minimum Gasteiger partial charge on any atom is -0.497 e. The lowest BCUT2D eigenvalue weighted by molar-refractivity contribution is 0.0950. The molecule has 1 N–H and O–H groups in total. The molecule has 1 amide bonds. The molecule has 0 aliphatic heterocycles. The largest absolute Gasteiger partial charge is 0.497 e. The summed E-state index contributed by atoms with van der Waals surface area (Å²) in [5.41, 5.74) is 2.20. The lowest BCUT2D eigenvalue weighted by Gasteiger charge is -2.05. The van der Waals surface area contributed by atoms with E-state index in [1.807, 2.05) is 16.8 Å². The number of rotatable bonds is 5. The zero-order valence-electron chi connectivity index (χ0n) is 11.9. The Bertz CT molecular complexity index is 767. The molecule has 7 heteroatoms. The molecule has 3 aromatic rings. The summed E-state index contributed by atoms with van der Waals surface area (Å²) in [5, 5.41) is 14.9. The molecule has 0 unspecified atom stereocenters. The van der Waals surface area contributed by atoms with Gasteiger partial charge >= 0.3 is 0 Å². The van der Waals surface area contributed by atoms with E-state index in [0.717, 1.165) is 5.69 Å². The summed E-state index contributed by atoms with van der Waals surface area (Å²) in [5.74, 6) is 0.472. The average molecular weight is 314 g/mol. The van der Waals surface area contributed by atoms with Gasteiger partial charge in [0.05, 0.1) is 25.5 Å². The Morgan fingerprint density at radius 2 is 2.32 bits per heavy atom. The van der Waals surface area contributed by atoms with Crippen LogP contribution >= 0.6 is 11.3 Å². The predicted octanol–water partition coefficient (Wildman–Crippen LogP) is 2.27. The number of methoxy groups -OCH3 is 1. The Labute approximate surface area is 131 Å². The van der Waals surface area contributed by atoms with Crippen molar-refractivity contribution in [2.75, 3.05) is 7.11 Å². The second-order valence-electron chi connectivity index (χ2n) is 4.55. The van der Waals surface area contributed by atoms with Crippen LogP contribution < -0.4 is 10.1 Å². The molecule has 0 atom stereocenters. The SMILES string of the molecule is COc1cccc(C(=O)NCc2cn(-c3ccsc3)nn2)c1.